The number of nitrogens with two attached hydrogens (primary N) is 1. The van der Waals surface area contributed by atoms with Crippen LogP contribution in [0.25, 0.3) is 10.9 Å². The molecule has 0 aliphatic carbocycles. The van der Waals surface area contributed by atoms with Crippen molar-refractivity contribution in [1.82, 2.24) is 19.8 Å². The highest BCUT2D eigenvalue weighted by atomic mass is 35.5. The van der Waals surface area contributed by atoms with E-state index in [-0.39, 0.29) is 25.0 Å². The third-order valence-corrected chi connectivity index (χ3v) is 6.86. The number of aromatic nitrogens is 2. The van der Waals surface area contributed by atoms with Crippen LogP contribution in [0.2, 0.25) is 9.36 Å². The van der Waals surface area contributed by atoms with Gasteiger partial charge in [0.05, 0.1) is 21.5 Å². The van der Waals surface area contributed by atoms with E-state index >= 15 is 0 Å². The molecule has 2 N–H and O–H groups in total. The lowest BCUT2D eigenvalue weighted by Crippen LogP contribution is -2.60. The number of fused-ring (bicyclic) bond motifs is 1. The minimum Gasteiger partial charge on any atom is -0.473 e. The van der Waals surface area contributed by atoms with Crippen molar-refractivity contribution in [3.63, 3.8) is 0 Å². The molecule has 2 amide bonds. The number of nitrogens with zero attached hydrogens (tertiary/aromatic N) is 4. The summed E-state index contributed by atoms with van der Waals surface area (Å²) in [5.41, 5.74) is 7.50. The van der Waals surface area contributed by atoms with Gasteiger partial charge >= 0.3 is 0 Å². The number of hydrogen-bond acceptors (Lipinski definition) is 8. The van der Waals surface area contributed by atoms with Gasteiger partial charge in [0.2, 0.25) is 5.91 Å². The van der Waals surface area contributed by atoms with Crippen LogP contribution in [0, 0.1) is 0 Å². The van der Waals surface area contributed by atoms with Gasteiger partial charge in [-0.25, -0.2) is 9.97 Å². The van der Waals surface area contributed by atoms with Gasteiger partial charge in [0.25, 0.3) is 5.91 Å². The van der Waals surface area contributed by atoms with Crippen LogP contribution in [0.1, 0.15) is 5.56 Å². The average Bonchev–Trinajstić information content (AvgIpc) is 3.12. The molecule has 1 aromatic carbocycles. The summed E-state index contributed by atoms with van der Waals surface area (Å²) in [4.78, 5) is 37.5. The number of hydrogen-bond donors (Lipinski definition) is 1. The molecule has 4 rings (SSSR count). The normalized spacial score (nSPS) is 16.5. The summed E-state index contributed by atoms with van der Waals surface area (Å²) >= 11 is 13.1. The van der Waals surface area contributed by atoms with Crippen molar-refractivity contribution in [1.29, 1.82) is 0 Å². The molecule has 0 bridgehead atoms. The van der Waals surface area contributed by atoms with E-state index in [1.165, 1.54) is 18.3 Å². The van der Waals surface area contributed by atoms with Gasteiger partial charge in [-0.2, -0.15) is 0 Å². The molecule has 9 nitrogen and oxygen atoms in total. The second-order valence-electron chi connectivity index (χ2n) is 7.40. The van der Waals surface area contributed by atoms with Crippen molar-refractivity contribution < 1.29 is 19.1 Å². The first-order valence-electron chi connectivity index (χ1n) is 10.0. The van der Waals surface area contributed by atoms with Gasteiger partial charge in [0.1, 0.15) is 18.2 Å². The Morgan fingerprint density at radius 3 is 2.82 bits per heavy atom. The minimum absolute atomic E-state index is 0.0775. The number of methoxy groups -OCH3 is 1. The van der Waals surface area contributed by atoms with Crippen molar-refractivity contribution in [2.45, 2.75) is 12.6 Å². The monoisotopic (exact) mass is 509 g/mol. The second-order valence-corrected chi connectivity index (χ2v) is 9.46. The highest BCUT2D eigenvalue weighted by Gasteiger charge is 2.37. The Morgan fingerprint density at radius 2 is 2.09 bits per heavy atom. The van der Waals surface area contributed by atoms with Crippen LogP contribution in [0.3, 0.4) is 0 Å². The van der Waals surface area contributed by atoms with Gasteiger partial charge in [0.15, 0.2) is 11.7 Å². The molecule has 0 unspecified atom stereocenters. The van der Waals surface area contributed by atoms with Crippen LogP contribution in [0.4, 0.5) is 5.82 Å². The van der Waals surface area contributed by atoms with Gasteiger partial charge in [0, 0.05) is 32.1 Å². The summed E-state index contributed by atoms with van der Waals surface area (Å²) in [6.07, 6.45) is 1.41. The molecule has 0 spiro atoms. The molecule has 0 radical (unpaired) electrons. The van der Waals surface area contributed by atoms with E-state index < -0.39 is 6.04 Å². The second kappa shape index (κ2) is 10.1. The molecule has 1 atom stereocenters. The molecule has 1 aliphatic rings. The van der Waals surface area contributed by atoms with Crippen LogP contribution in [0.15, 0.2) is 30.6 Å². The Labute approximate surface area is 204 Å². The first kappa shape index (κ1) is 23.5. The molecule has 2 aromatic heterocycles. The lowest BCUT2D eigenvalue weighted by molar-refractivity contribution is -0.155. The standard InChI is InChI=1S/C21H21Cl2N5O4S/c1-31-9-16-20(30)27(8-12-2-3-13-15(6-12)25-11-26-19(13)24)4-5-28(16)18(29)10-32-21-14(22)7-17(23)33-21/h2-3,6-7,11,16H,4-5,8-10H2,1H3,(H2,24,25,26)/t16-/m0/s1. The number of nitrogen functional groups attached to an aromatic ring is 1. The van der Waals surface area contributed by atoms with Crippen molar-refractivity contribution in [2.24, 2.45) is 0 Å². The van der Waals surface area contributed by atoms with Crippen molar-refractivity contribution in [3.05, 3.63) is 45.5 Å². The molecule has 0 saturated carbocycles. The molecule has 3 heterocycles. The summed E-state index contributed by atoms with van der Waals surface area (Å²) in [6.45, 7) is 0.925. The van der Waals surface area contributed by atoms with Crippen LogP contribution >= 0.6 is 34.5 Å². The summed E-state index contributed by atoms with van der Waals surface area (Å²) in [5.74, 6) is -0.122. The summed E-state index contributed by atoms with van der Waals surface area (Å²) in [6, 6.07) is 6.42. The van der Waals surface area contributed by atoms with E-state index in [1.54, 1.807) is 11.0 Å². The zero-order chi connectivity index (χ0) is 23.5. The van der Waals surface area contributed by atoms with E-state index in [1.807, 2.05) is 18.2 Å². The molecule has 1 fully saturated rings. The number of halogens is 2. The van der Waals surface area contributed by atoms with Crippen molar-refractivity contribution in [2.75, 3.05) is 39.1 Å². The number of ether oxygens (including phenoxy) is 2. The maximum Gasteiger partial charge on any atom is 0.261 e. The Morgan fingerprint density at radius 1 is 1.27 bits per heavy atom. The molecule has 12 heteroatoms. The van der Waals surface area contributed by atoms with Gasteiger partial charge in [-0.05, 0) is 23.8 Å². The van der Waals surface area contributed by atoms with E-state index in [0.29, 0.717) is 45.4 Å². The highest BCUT2D eigenvalue weighted by molar-refractivity contribution is 7.18. The molecule has 1 saturated heterocycles. The number of thiophene rings is 1. The molecule has 174 valence electrons. The number of piperazine rings is 1. The molecule has 3 aromatic rings. The van der Waals surface area contributed by atoms with E-state index in [9.17, 15) is 9.59 Å². The first-order chi connectivity index (χ1) is 15.9. The topological polar surface area (TPSA) is 111 Å². The summed E-state index contributed by atoms with van der Waals surface area (Å²) in [5, 5.41) is 1.46. The van der Waals surface area contributed by atoms with E-state index in [2.05, 4.69) is 9.97 Å². The minimum atomic E-state index is -0.749. The van der Waals surface area contributed by atoms with Crippen molar-refractivity contribution in [3.8, 4) is 5.06 Å². The Hall–Kier alpha value is -2.66. The Kier molecular flexibility index (Phi) is 7.18. The van der Waals surface area contributed by atoms with Gasteiger partial charge < -0.3 is 25.0 Å². The van der Waals surface area contributed by atoms with Gasteiger partial charge in [-0.15, -0.1) is 0 Å². The Balaban J connectivity index is 1.44. The highest BCUT2D eigenvalue weighted by Crippen LogP contribution is 2.37. The zero-order valence-electron chi connectivity index (χ0n) is 17.7. The zero-order valence-corrected chi connectivity index (χ0v) is 20.0. The van der Waals surface area contributed by atoms with Gasteiger partial charge in [-0.3, -0.25) is 9.59 Å². The molecular formula is C21H21Cl2N5O4S. The maximum absolute atomic E-state index is 13.2. The molecule has 33 heavy (non-hydrogen) atoms. The maximum atomic E-state index is 13.2. The van der Waals surface area contributed by atoms with Crippen LogP contribution in [-0.4, -0.2) is 71.0 Å². The lowest BCUT2D eigenvalue weighted by atomic mass is 10.1. The fraction of sp³-hybridized carbons (Fsp3) is 0.333. The summed E-state index contributed by atoms with van der Waals surface area (Å²) < 4.78 is 11.2. The van der Waals surface area contributed by atoms with Crippen LogP contribution < -0.4 is 10.5 Å². The third-order valence-electron chi connectivity index (χ3n) is 5.29. The van der Waals surface area contributed by atoms with Crippen LogP contribution in [0.5, 0.6) is 5.06 Å². The number of carbonyl (C=O) groups excluding carboxylic acids is 2. The lowest BCUT2D eigenvalue weighted by Gasteiger charge is -2.40. The van der Waals surface area contributed by atoms with E-state index in [4.69, 9.17) is 38.4 Å². The predicted molar refractivity (Wildman–Crippen MR) is 127 cm³/mol. The quantitative estimate of drug-likeness (QED) is 0.521. The fourth-order valence-corrected chi connectivity index (χ4v) is 5.04. The molecule has 1 aliphatic heterocycles. The number of anilines is 1. The predicted octanol–water partition coefficient (Wildman–Crippen LogP) is 2.85. The number of rotatable bonds is 7. The number of carbonyl (C=O) groups is 2. The Bertz CT molecular complexity index is 1190. The summed E-state index contributed by atoms with van der Waals surface area (Å²) in [7, 11) is 1.49. The average molecular weight is 510 g/mol. The van der Waals surface area contributed by atoms with Crippen LogP contribution in [-0.2, 0) is 20.9 Å². The van der Waals surface area contributed by atoms with Crippen molar-refractivity contribution >= 4 is 63.1 Å². The fourth-order valence-electron chi connectivity index (χ4n) is 3.69. The largest absolute Gasteiger partial charge is 0.473 e. The van der Waals surface area contributed by atoms with Gasteiger partial charge in [-0.1, -0.05) is 40.6 Å². The number of benzene rings is 1. The van der Waals surface area contributed by atoms with E-state index in [0.717, 1.165) is 22.3 Å². The molecular weight excluding hydrogens is 489 g/mol. The SMILES string of the molecule is COC[C@H]1C(=O)N(Cc2ccc3c(N)ncnc3c2)CCN1C(=O)COc1sc(Cl)cc1Cl. The number of amides is 2. The smallest absolute Gasteiger partial charge is 0.261 e. The first-order valence-corrected chi connectivity index (χ1v) is 11.6. The third kappa shape index (κ3) is 5.14.